The van der Waals surface area contributed by atoms with Gasteiger partial charge in [-0.15, -0.1) is 0 Å². The molecule has 0 fully saturated rings. The topological polar surface area (TPSA) is 55.8 Å². The van der Waals surface area contributed by atoms with Crippen molar-refractivity contribution in [3.05, 3.63) is 0 Å². The first-order valence-corrected chi connectivity index (χ1v) is 6.21. The van der Waals surface area contributed by atoms with Crippen LogP contribution in [0.1, 0.15) is 54.4 Å². The predicted molar refractivity (Wildman–Crippen MR) is 75.4 cm³/mol. The fourth-order valence-corrected chi connectivity index (χ4v) is 1.34. The SMILES string of the molecule is C.CON(C)C(=O)CCC[C@H](C)C(=O)OC(C)(C)C. The van der Waals surface area contributed by atoms with Gasteiger partial charge in [-0.05, 0) is 33.6 Å². The zero-order valence-electron chi connectivity index (χ0n) is 12.3. The van der Waals surface area contributed by atoms with E-state index in [0.717, 1.165) is 0 Å². The van der Waals surface area contributed by atoms with Crippen LogP contribution in [0, 0.1) is 5.92 Å². The normalized spacial score (nSPS) is 12.3. The molecule has 0 saturated heterocycles. The number of hydroxylamine groups is 2. The first-order chi connectivity index (χ1) is 8.17. The van der Waals surface area contributed by atoms with Gasteiger partial charge in [0, 0.05) is 13.5 Å². The first-order valence-electron chi connectivity index (χ1n) is 6.21. The summed E-state index contributed by atoms with van der Waals surface area (Å²) in [5, 5.41) is 1.19. The summed E-state index contributed by atoms with van der Waals surface area (Å²) in [5.41, 5.74) is -0.461. The smallest absolute Gasteiger partial charge is 0.309 e. The summed E-state index contributed by atoms with van der Waals surface area (Å²) in [6.45, 7) is 7.34. The van der Waals surface area contributed by atoms with Crippen molar-refractivity contribution in [2.75, 3.05) is 14.2 Å². The van der Waals surface area contributed by atoms with E-state index in [1.807, 2.05) is 27.7 Å². The van der Waals surface area contributed by atoms with Crippen LogP contribution in [0.25, 0.3) is 0 Å². The number of nitrogens with zero attached hydrogens (tertiary/aromatic N) is 1. The number of amides is 1. The highest BCUT2D eigenvalue weighted by Crippen LogP contribution is 2.15. The van der Waals surface area contributed by atoms with E-state index in [-0.39, 0.29) is 25.2 Å². The lowest BCUT2D eigenvalue weighted by molar-refractivity contribution is -0.169. The second-order valence-corrected chi connectivity index (χ2v) is 5.40. The Hall–Kier alpha value is -1.10. The van der Waals surface area contributed by atoms with Crippen molar-refractivity contribution in [2.45, 2.75) is 60.0 Å². The molecular weight excluding hydrogens is 246 g/mol. The van der Waals surface area contributed by atoms with Gasteiger partial charge >= 0.3 is 5.97 Å². The quantitative estimate of drug-likeness (QED) is 0.552. The van der Waals surface area contributed by atoms with Crippen LogP contribution < -0.4 is 0 Å². The van der Waals surface area contributed by atoms with Crippen LogP contribution in [0.2, 0.25) is 0 Å². The van der Waals surface area contributed by atoms with Crippen LogP contribution in [0.3, 0.4) is 0 Å². The van der Waals surface area contributed by atoms with E-state index in [4.69, 9.17) is 9.57 Å². The third kappa shape index (κ3) is 9.47. The van der Waals surface area contributed by atoms with Gasteiger partial charge in [0.2, 0.25) is 5.91 Å². The van der Waals surface area contributed by atoms with Crippen LogP contribution in [0.4, 0.5) is 0 Å². The van der Waals surface area contributed by atoms with Crippen molar-refractivity contribution >= 4 is 11.9 Å². The van der Waals surface area contributed by atoms with Gasteiger partial charge in [-0.25, -0.2) is 5.06 Å². The summed E-state index contributed by atoms with van der Waals surface area (Å²) in [5.74, 6) is -0.492. The van der Waals surface area contributed by atoms with Gasteiger partial charge in [0.25, 0.3) is 0 Å². The van der Waals surface area contributed by atoms with Gasteiger partial charge in [-0.2, -0.15) is 0 Å². The minimum atomic E-state index is -0.461. The van der Waals surface area contributed by atoms with Crippen molar-refractivity contribution in [1.82, 2.24) is 5.06 Å². The largest absolute Gasteiger partial charge is 0.460 e. The summed E-state index contributed by atoms with van der Waals surface area (Å²) in [7, 11) is 3.01. The third-order valence-corrected chi connectivity index (χ3v) is 2.46. The Balaban J connectivity index is 0. The van der Waals surface area contributed by atoms with Crippen LogP contribution in [-0.2, 0) is 19.2 Å². The number of rotatable bonds is 6. The second kappa shape index (κ2) is 8.91. The van der Waals surface area contributed by atoms with Crippen molar-refractivity contribution in [1.29, 1.82) is 0 Å². The van der Waals surface area contributed by atoms with Crippen LogP contribution in [0.15, 0.2) is 0 Å². The highest BCUT2D eigenvalue weighted by molar-refractivity contribution is 5.75. The summed E-state index contributed by atoms with van der Waals surface area (Å²) < 4.78 is 5.27. The highest BCUT2D eigenvalue weighted by atomic mass is 16.7. The molecule has 0 aliphatic heterocycles. The molecule has 0 aliphatic carbocycles. The average Bonchev–Trinajstić information content (AvgIpc) is 2.25. The maximum absolute atomic E-state index is 11.7. The summed E-state index contributed by atoms with van der Waals surface area (Å²) in [6, 6.07) is 0. The van der Waals surface area contributed by atoms with E-state index in [0.29, 0.717) is 19.3 Å². The fraction of sp³-hybridized carbons (Fsp3) is 0.857. The van der Waals surface area contributed by atoms with Crippen molar-refractivity contribution in [3.8, 4) is 0 Å². The number of hydrogen-bond acceptors (Lipinski definition) is 4. The van der Waals surface area contributed by atoms with Crippen LogP contribution in [-0.4, -0.2) is 36.7 Å². The van der Waals surface area contributed by atoms with E-state index >= 15 is 0 Å². The van der Waals surface area contributed by atoms with Crippen molar-refractivity contribution in [3.63, 3.8) is 0 Å². The number of hydrogen-bond donors (Lipinski definition) is 0. The number of esters is 1. The molecule has 0 spiro atoms. The van der Waals surface area contributed by atoms with E-state index in [1.54, 1.807) is 7.05 Å². The predicted octanol–water partition coefficient (Wildman–Crippen LogP) is 2.79. The molecule has 0 bridgehead atoms. The molecule has 0 aromatic carbocycles. The molecule has 5 nitrogen and oxygen atoms in total. The third-order valence-electron chi connectivity index (χ3n) is 2.46. The molecule has 0 heterocycles. The Morgan fingerprint density at radius 3 is 2.21 bits per heavy atom. The maximum Gasteiger partial charge on any atom is 0.309 e. The molecule has 0 saturated carbocycles. The Morgan fingerprint density at radius 2 is 1.79 bits per heavy atom. The van der Waals surface area contributed by atoms with E-state index in [1.165, 1.54) is 12.2 Å². The molecule has 0 N–H and O–H groups in total. The standard InChI is InChI=1S/C13H25NO4.CH4/c1-10(12(16)18-13(2,3)4)8-7-9-11(15)14(5)17-6;/h10H,7-9H2,1-6H3;1H4/t10-;/m0./s1. The monoisotopic (exact) mass is 275 g/mol. The Labute approximate surface area is 117 Å². The fourth-order valence-electron chi connectivity index (χ4n) is 1.34. The number of carbonyl (C=O) groups is 2. The number of ether oxygens (including phenoxy) is 1. The van der Waals surface area contributed by atoms with Gasteiger partial charge in [-0.1, -0.05) is 14.4 Å². The van der Waals surface area contributed by atoms with Gasteiger partial charge < -0.3 is 4.74 Å². The molecular formula is C14H29NO4. The molecule has 0 radical (unpaired) electrons. The highest BCUT2D eigenvalue weighted by Gasteiger charge is 2.21. The van der Waals surface area contributed by atoms with Crippen molar-refractivity contribution in [2.24, 2.45) is 5.92 Å². The zero-order chi connectivity index (χ0) is 14.3. The maximum atomic E-state index is 11.7. The molecule has 1 atom stereocenters. The zero-order valence-corrected chi connectivity index (χ0v) is 12.3. The molecule has 0 rings (SSSR count). The Bertz CT molecular complexity index is 284. The molecule has 114 valence electrons. The van der Waals surface area contributed by atoms with Gasteiger partial charge in [0.15, 0.2) is 0 Å². The van der Waals surface area contributed by atoms with Gasteiger partial charge in [-0.3, -0.25) is 14.4 Å². The minimum absolute atomic E-state index is 0. The second-order valence-electron chi connectivity index (χ2n) is 5.40. The molecule has 0 aromatic heterocycles. The lowest BCUT2D eigenvalue weighted by Crippen LogP contribution is -2.28. The average molecular weight is 275 g/mol. The lowest BCUT2D eigenvalue weighted by atomic mass is 10.0. The molecule has 5 heteroatoms. The van der Waals surface area contributed by atoms with Gasteiger partial charge in [0.05, 0.1) is 13.0 Å². The molecule has 1 amide bonds. The van der Waals surface area contributed by atoms with E-state index in [9.17, 15) is 9.59 Å². The summed E-state index contributed by atoms with van der Waals surface area (Å²) in [6.07, 6.45) is 1.66. The van der Waals surface area contributed by atoms with Gasteiger partial charge in [0.1, 0.15) is 5.60 Å². The van der Waals surface area contributed by atoms with Crippen LogP contribution in [0.5, 0.6) is 0 Å². The molecule has 19 heavy (non-hydrogen) atoms. The number of carbonyl (C=O) groups excluding carboxylic acids is 2. The van der Waals surface area contributed by atoms with E-state index < -0.39 is 5.60 Å². The van der Waals surface area contributed by atoms with Crippen molar-refractivity contribution < 1.29 is 19.2 Å². The Kier molecular flexibility index (Phi) is 9.48. The molecule has 0 aliphatic rings. The lowest BCUT2D eigenvalue weighted by Gasteiger charge is -2.22. The Morgan fingerprint density at radius 1 is 1.26 bits per heavy atom. The minimum Gasteiger partial charge on any atom is -0.460 e. The molecule has 0 unspecified atom stereocenters. The van der Waals surface area contributed by atoms with Crippen LogP contribution >= 0.6 is 0 Å². The molecule has 0 aromatic rings. The summed E-state index contributed by atoms with van der Waals surface area (Å²) in [4.78, 5) is 27.9. The van der Waals surface area contributed by atoms with E-state index in [2.05, 4.69) is 0 Å². The first kappa shape index (κ1) is 20.2. The summed E-state index contributed by atoms with van der Waals surface area (Å²) >= 11 is 0.